The van der Waals surface area contributed by atoms with Gasteiger partial charge in [0.15, 0.2) is 5.75 Å². The molecule has 7 heteroatoms. The van der Waals surface area contributed by atoms with E-state index in [1.54, 1.807) is 24.3 Å². The first kappa shape index (κ1) is 17.3. The highest BCUT2D eigenvalue weighted by Gasteiger charge is 2.09. The quantitative estimate of drug-likeness (QED) is 0.443. The largest absolute Gasteiger partial charge is 0.423 e. The minimum Gasteiger partial charge on any atom is -0.423 e. The third-order valence-electron chi connectivity index (χ3n) is 2.51. The van der Waals surface area contributed by atoms with Crippen LogP contribution in [-0.4, -0.2) is 11.9 Å². The lowest BCUT2D eigenvalue weighted by atomic mass is 10.3. The van der Waals surface area contributed by atoms with E-state index < -0.39 is 11.9 Å². The third-order valence-corrected chi connectivity index (χ3v) is 3.57. The highest BCUT2D eigenvalue weighted by atomic mass is 35.5. The van der Waals surface area contributed by atoms with Crippen molar-refractivity contribution in [3.05, 3.63) is 69.7 Å². The number of carbonyl (C=O) groups is 2. The maximum absolute atomic E-state index is 11.6. The van der Waals surface area contributed by atoms with Crippen molar-refractivity contribution in [1.82, 2.24) is 0 Å². The van der Waals surface area contributed by atoms with Crippen molar-refractivity contribution in [2.75, 3.05) is 0 Å². The molecule has 2 aromatic rings. The summed E-state index contributed by atoms with van der Waals surface area (Å²) >= 11 is 17.4. The molecule has 23 heavy (non-hydrogen) atoms. The molecule has 0 aliphatic carbocycles. The molecular weight excluding hydrogens is 363 g/mol. The molecule has 2 aromatic carbocycles. The molecule has 0 aliphatic rings. The van der Waals surface area contributed by atoms with Gasteiger partial charge in [-0.25, -0.2) is 9.59 Å². The Labute approximate surface area is 147 Å². The zero-order valence-corrected chi connectivity index (χ0v) is 13.7. The maximum Gasteiger partial charge on any atom is 0.336 e. The number of ether oxygens (including phenoxy) is 2. The predicted molar refractivity (Wildman–Crippen MR) is 88.3 cm³/mol. The van der Waals surface area contributed by atoms with Crippen molar-refractivity contribution in [1.29, 1.82) is 0 Å². The van der Waals surface area contributed by atoms with Crippen LogP contribution in [0.15, 0.2) is 54.6 Å². The summed E-state index contributed by atoms with van der Waals surface area (Å²) in [6, 6.07) is 10.8. The van der Waals surface area contributed by atoms with Crippen LogP contribution in [0.5, 0.6) is 11.5 Å². The van der Waals surface area contributed by atoms with Gasteiger partial charge in [0.1, 0.15) is 10.8 Å². The van der Waals surface area contributed by atoms with E-state index >= 15 is 0 Å². The zero-order valence-electron chi connectivity index (χ0n) is 11.5. The summed E-state index contributed by atoms with van der Waals surface area (Å²) in [4.78, 5) is 23.2. The zero-order chi connectivity index (χ0) is 16.8. The molecule has 0 N–H and O–H groups in total. The smallest absolute Gasteiger partial charge is 0.336 e. The predicted octanol–water partition coefficient (Wildman–Crippen LogP) is 4.71. The van der Waals surface area contributed by atoms with Crippen LogP contribution in [0.4, 0.5) is 0 Å². The van der Waals surface area contributed by atoms with E-state index in [1.807, 2.05) is 0 Å². The number of hydrogen-bond donors (Lipinski definition) is 0. The van der Waals surface area contributed by atoms with Crippen molar-refractivity contribution < 1.29 is 19.1 Å². The first-order chi connectivity index (χ1) is 11.0. The molecule has 0 saturated heterocycles. The summed E-state index contributed by atoms with van der Waals surface area (Å²) in [7, 11) is 0. The summed E-state index contributed by atoms with van der Waals surface area (Å²) in [5, 5.41) is 0.880. The summed E-state index contributed by atoms with van der Waals surface area (Å²) in [5.41, 5.74) is 0. The first-order valence-corrected chi connectivity index (χ1v) is 7.40. The summed E-state index contributed by atoms with van der Waals surface area (Å²) < 4.78 is 9.95. The fourth-order valence-corrected chi connectivity index (χ4v) is 1.95. The number of hydrogen-bond acceptors (Lipinski definition) is 4. The average molecular weight is 372 g/mol. The molecule has 0 aromatic heterocycles. The fourth-order valence-electron chi connectivity index (χ4n) is 1.49. The molecule has 0 bridgehead atoms. The molecule has 0 heterocycles. The summed E-state index contributed by atoms with van der Waals surface area (Å²) in [5.74, 6) is -1.13. The lowest BCUT2D eigenvalue weighted by Crippen LogP contribution is -2.08. The molecule has 0 amide bonds. The van der Waals surface area contributed by atoms with E-state index in [-0.39, 0.29) is 15.8 Å². The van der Waals surface area contributed by atoms with E-state index in [0.29, 0.717) is 10.8 Å². The summed E-state index contributed by atoms with van der Waals surface area (Å²) in [6.07, 6.45) is 1.87. The second-order valence-electron chi connectivity index (χ2n) is 4.18. The number of rotatable bonds is 4. The molecule has 118 valence electrons. The minimum atomic E-state index is -0.790. The van der Waals surface area contributed by atoms with Gasteiger partial charge in [-0.1, -0.05) is 40.9 Å². The van der Waals surface area contributed by atoms with Gasteiger partial charge >= 0.3 is 11.9 Å². The van der Waals surface area contributed by atoms with Gasteiger partial charge < -0.3 is 9.47 Å². The van der Waals surface area contributed by atoms with Gasteiger partial charge in [0, 0.05) is 17.2 Å². The second-order valence-corrected chi connectivity index (χ2v) is 5.40. The normalized spacial score (nSPS) is 10.6. The average Bonchev–Trinajstić information content (AvgIpc) is 2.52. The van der Waals surface area contributed by atoms with E-state index in [4.69, 9.17) is 44.3 Å². The minimum absolute atomic E-state index is 0.0971. The topological polar surface area (TPSA) is 52.6 Å². The highest BCUT2D eigenvalue weighted by molar-refractivity contribution is 6.43. The molecule has 0 spiro atoms. The molecule has 0 atom stereocenters. The first-order valence-electron chi connectivity index (χ1n) is 6.27. The van der Waals surface area contributed by atoms with E-state index in [2.05, 4.69) is 0 Å². The number of carbonyl (C=O) groups excluding carboxylic acids is 2. The van der Waals surface area contributed by atoms with Gasteiger partial charge in [0.05, 0.1) is 5.02 Å². The Kier molecular flexibility index (Phi) is 6.04. The van der Waals surface area contributed by atoms with Crippen LogP contribution in [0, 0.1) is 0 Å². The third kappa shape index (κ3) is 5.28. The van der Waals surface area contributed by atoms with Gasteiger partial charge in [-0.3, -0.25) is 0 Å². The maximum atomic E-state index is 11.6. The van der Waals surface area contributed by atoms with Crippen LogP contribution in [0.2, 0.25) is 15.1 Å². The van der Waals surface area contributed by atoms with E-state index in [0.717, 1.165) is 12.2 Å². The van der Waals surface area contributed by atoms with Gasteiger partial charge in [0.2, 0.25) is 0 Å². The molecule has 0 aliphatic heterocycles. The molecule has 2 rings (SSSR count). The Bertz CT molecular complexity index is 754. The van der Waals surface area contributed by atoms with Crippen molar-refractivity contribution >= 4 is 46.7 Å². The van der Waals surface area contributed by atoms with Crippen LogP contribution < -0.4 is 9.47 Å². The van der Waals surface area contributed by atoms with Gasteiger partial charge in [-0.2, -0.15) is 0 Å². The van der Waals surface area contributed by atoms with E-state index in [9.17, 15) is 9.59 Å². The van der Waals surface area contributed by atoms with Gasteiger partial charge in [-0.05, 0) is 36.4 Å². The number of benzene rings is 2. The standard InChI is InChI=1S/C16H9Cl3O4/c17-10-4-6-11(7-5-10)22-14(20)8-9-15(21)23-13-3-1-2-12(18)16(13)19/h1-9H/b9-8+. The van der Waals surface area contributed by atoms with Gasteiger partial charge in [0.25, 0.3) is 0 Å². The molecule has 0 radical (unpaired) electrons. The molecule has 0 unspecified atom stereocenters. The van der Waals surface area contributed by atoms with Crippen LogP contribution in [0.25, 0.3) is 0 Å². The second kappa shape index (κ2) is 8.02. The van der Waals surface area contributed by atoms with Gasteiger partial charge in [-0.15, -0.1) is 0 Å². The SMILES string of the molecule is O=C(/C=C/C(=O)Oc1cccc(Cl)c1Cl)Oc1ccc(Cl)cc1. The van der Waals surface area contributed by atoms with E-state index in [1.165, 1.54) is 18.2 Å². The van der Waals surface area contributed by atoms with Crippen molar-refractivity contribution in [3.8, 4) is 11.5 Å². The van der Waals surface area contributed by atoms with Crippen LogP contribution in [0.3, 0.4) is 0 Å². The Balaban J connectivity index is 1.94. The summed E-state index contributed by atoms with van der Waals surface area (Å²) in [6.45, 7) is 0. The molecule has 4 nitrogen and oxygen atoms in total. The fraction of sp³-hybridized carbons (Fsp3) is 0. The Morgan fingerprint density at radius 2 is 1.43 bits per heavy atom. The lowest BCUT2D eigenvalue weighted by molar-refractivity contribution is -0.131. The van der Waals surface area contributed by atoms with Crippen LogP contribution in [0.1, 0.15) is 0 Å². The van der Waals surface area contributed by atoms with Crippen molar-refractivity contribution in [2.45, 2.75) is 0 Å². The monoisotopic (exact) mass is 370 g/mol. The lowest BCUT2D eigenvalue weighted by Gasteiger charge is -2.04. The van der Waals surface area contributed by atoms with Crippen LogP contribution in [-0.2, 0) is 9.59 Å². The Hall–Kier alpha value is -2.01. The van der Waals surface area contributed by atoms with Crippen molar-refractivity contribution in [2.24, 2.45) is 0 Å². The highest BCUT2D eigenvalue weighted by Crippen LogP contribution is 2.31. The molecule has 0 fully saturated rings. The Morgan fingerprint density at radius 3 is 2.09 bits per heavy atom. The molecule has 0 saturated carbocycles. The number of halogens is 3. The Morgan fingerprint density at radius 1 is 0.826 bits per heavy atom. The number of esters is 2. The van der Waals surface area contributed by atoms with Crippen molar-refractivity contribution in [3.63, 3.8) is 0 Å². The molecular formula is C16H9Cl3O4. The van der Waals surface area contributed by atoms with Crippen LogP contribution >= 0.6 is 34.8 Å².